The zero-order chi connectivity index (χ0) is 15.4. The molecule has 2 rings (SSSR count). The molecule has 3 nitrogen and oxygen atoms in total. The average Bonchev–Trinajstić information content (AvgIpc) is 2.83. The summed E-state index contributed by atoms with van der Waals surface area (Å²) in [5, 5.41) is 0. The minimum Gasteiger partial charge on any atom is -0.398 e. The van der Waals surface area contributed by atoms with Gasteiger partial charge in [0.1, 0.15) is 0 Å². The van der Waals surface area contributed by atoms with Crippen molar-refractivity contribution in [3.05, 3.63) is 62.2 Å². The maximum Gasteiger partial charge on any atom is 0.256 e. The van der Waals surface area contributed by atoms with E-state index in [2.05, 4.69) is 22.5 Å². The Bertz CT molecular complexity index is 671. The highest BCUT2D eigenvalue weighted by molar-refractivity contribution is 9.10. The van der Waals surface area contributed by atoms with Crippen LogP contribution in [-0.2, 0) is 6.54 Å². The first kappa shape index (κ1) is 16.1. The molecule has 1 aromatic carbocycles. The van der Waals surface area contributed by atoms with Crippen molar-refractivity contribution < 1.29 is 4.79 Å². The number of anilines is 1. The number of amides is 1. The maximum atomic E-state index is 12.6. The van der Waals surface area contributed by atoms with Crippen LogP contribution in [0.15, 0.2) is 47.5 Å². The van der Waals surface area contributed by atoms with Crippen LogP contribution in [0.5, 0.6) is 0 Å². The molecule has 6 heteroatoms. The number of halogens is 2. The lowest BCUT2D eigenvalue weighted by molar-refractivity contribution is 0.0765. The Balaban J connectivity index is 2.24. The lowest BCUT2D eigenvalue weighted by Crippen LogP contribution is -2.31. The summed E-state index contributed by atoms with van der Waals surface area (Å²) < 4.78 is 1.55. The summed E-state index contributed by atoms with van der Waals surface area (Å²) in [5.74, 6) is -0.121. The molecule has 1 aromatic heterocycles. The van der Waals surface area contributed by atoms with E-state index in [1.54, 1.807) is 29.2 Å². The molecule has 0 atom stereocenters. The molecule has 0 radical (unpaired) electrons. The molecule has 0 aliphatic carbocycles. The van der Waals surface area contributed by atoms with E-state index in [9.17, 15) is 4.79 Å². The monoisotopic (exact) mass is 384 g/mol. The van der Waals surface area contributed by atoms with Gasteiger partial charge in [-0.25, -0.2) is 0 Å². The number of benzene rings is 1. The number of carbonyl (C=O) groups excluding carboxylic acids is 1. The average molecular weight is 386 g/mol. The Morgan fingerprint density at radius 3 is 2.76 bits per heavy atom. The van der Waals surface area contributed by atoms with Crippen LogP contribution in [0.3, 0.4) is 0 Å². The van der Waals surface area contributed by atoms with Gasteiger partial charge in [-0.3, -0.25) is 4.79 Å². The fourth-order valence-corrected chi connectivity index (χ4v) is 3.38. The van der Waals surface area contributed by atoms with Gasteiger partial charge in [0.15, 0.2) is 0 Å². The van der Waals surface area contributed by atoms with Gasteiger partial charge in [0.2, 0.25) is 0 Å². The van der Waals surface area contributed by atoms with E-state index in [0.717, 1.165) is 9.35 Å². The molecular formula is C15H14BrClN2OS. The lowest BCUT2D eigenvalue weighted by atomic mass is 10.1. The highest BCUT2D eigenvalue weighted by Gasteiger charge is 2.18. The zero-order valence-electron chi connectivity index (χ0n) is 11.2. The molecule has 0 aliphatic heterocycles. The first-order valence-corrected chi connectivity index (χ1v) is 8.19. The quantitative estimate of drug-likeness (QED) is 0.605. The van der Waals surface area contributed by atoms with Crippen molar-refractivity contribution in [2.45, 2.75) is 6.54 Å². The standard InChI is InChI=1S/C15H14BrClN2OS/c1-2-7-19(9-11-4-6-14(17)21-11)15(20)12-5-3-10(16)8-13(12)18/h2-6,8H,1,7,9,18H2. The largest absolute Gasteiger partial charge is 0.398 e. The van der Waals surface area contributed by atoms with Crippen molar-refractivity contribution in [3.8, 4) is 0 Å². The highest BCUT2D eigenvalue weighted by Crippen LogP contribution is 2.25. The van der Waals surface area contributed by atoms with Gasteiger partial charge in [-0.1, -0.05) is 33.6 Å². The van der Waals surface area contributed by atoms with E-state index in [0.29, 0.717) is 28.7 Å². The number of nitrogens with two attached hydrogens (primary N) is 1. The topological polar surface area (TPSA) is 46.3 Å². The number of nitrogens with zero attached hydrogens (tertiary/aromatic N) is 1. The van der Waals surface area contributed by atoms with Gasteiger partial charge in [0, 0.05) is 21.6 Å². The van der Waals surface area contributed by atoms with E-state index in [4.69, 9.17) is 17.3 Å². The maximum absolute atomic E-state index is 12.6. The molecular weight excluding hydrogens is 372 g/mol. The number of hydrogen-bond donors (Lipinski definition) is 1. The van der Waals surface area contributed by atoms with Crippen LogP contribution in [0.4, 0.5) is 5.69 Å². The fraction of sp³-hybridized carbons (Fsp3) is 0.133. The van der Waals surface area contributed by atoms with Crippen molar-refractivity contribution in [3.63, 3.8) is 0 Å². The normalized spacial score (nSPS) is 10.4. The van der Waals surface area contributed by atoms with E-state index >= 15 is 0 Å². The van der Waals surface area contributed by atoms with Crippen LogP contribution in [0.1, 0.15) is 15.2 Å². The zero-order valence-corrected chi connectivity index (χ0v) is 14.3. The van der Waals surface area contributed by atoms with Gasteiger partial charge >= 0.3 is 0 Å². The van der Waals surface area contributed by atoms with Gasteiger partial charge in [0.05, 0.1) is 16.4 Å². The van der Waals surface area contributed by atoms with Gasteiger partial charge in [-0.2, -0.15) is 0 Å². The molecule has 110 valence electrons. The van der Waals surface area contributed by atoms with Crippen LogP contribution in [0.25, 0.3) is 0 Å². The summed E-state index contributed by atoms with van der Waals surface area (Å²) >= 11 is 10.7. The van der Waals surface area contributed by atoms with Crippen molar-refractivity contribution in [2.75, 3.05) is 12.3 Å². The minimum absolute atomic E-state index is 0.121. The summed E-state index contributed by atoms with van der Waals surface area (Å²) in [6.07, 6.45) is 1.70. The van der Waals surface area contributed by atoms with Gasteiger partial charge in [-0.05, 0) is 30.3 Å². The summed E-state index contributed by atoms with van der Waals surface area (Å²) in [6, 6.07) is 8.99. The van der Waals surface area contributed by atoms with E-state index in [1.807, 2.05) is 12.1 Å². The summed E-state index contributed by atoms with van der Waals surface area (Å²) in [5.41, 5.74) is 6.87. The molecule has 1 heterocycles. The molecule has 0 spiro atoms. The van der Waals surface area contributed by atoms with Crippen molar-refractivity contribution in [2.24, 2.45) is 0 Å². The third kappa shape index (κ3) is 4.09. The summed E-state index contributed by atoms with van der Waals surface area (Å²) in [7, 11) is 0. The third-order valence-electron chi connectivity index (χ3n) is 2.86. The minimum atomic E-state index is -0.121. The lowest BCUT2D eigenvalue weighted by Gasteiger charge is -2.21. The number of hydrogen-bond acceptors (Lipinski definition) is 3. The van der Waals surface area contributed by atoms with Crippen molar-refractivity contribution in [1.82, 2.24) is 4.90 Å². The Labute approximate surface area is 141 Å². The SMILES string of the molecule is C=CCN(Cc1ccc(Cl)s1)C(=O)c1ccc(Br)cc1N. The fourth-order valence-electron chi connectivity index (χ4n) is 1.90. The molecule has 0 fully saturated rings. The predicted octanol–water partition coefficient (Wildman–Crippen LogP) is 4.57. The third-order valence-corrected chi connectivity index (χ3v) is 4.57. The number of rotatable bonds is 5. The first-order valence-electron chi connectivity index (χ1n) is 6.20. The smallest absolute Gasteiger partial charge is 0.256 e. The highest BCUT2D eigenvalue weighted by atomic mass is 79.9. The molecule has 1 amide bonds. The van der Waals surface area contributed by atoms with E-state index in [1.165, 1.54) is 11.3 Å². The first-order chi connectivity index (χ1) is 10.0. The van der Waals surface area contributed by atoms with E-state index in [-0.39, 0.29) is 5.91 Å². The Morgan fingerprint density at radius 1 is 1.43 bits per heavy atom. The Hall–Kier alpha value is -1.30. The van der Waals surface area contributed by atoms with Crippen LogP contribution < -0.4 is 5.73 Å². The molecule has 0 saturated heterocycles. The molecule has 21 heavy (non-hydrogen) atoms. The van der Waals surface area contributed by atoms with Crippen LogP contribution in [0, 0.1) is 0 Å². The van der Waals surface area contributed by atoms with Crippen LogP contribution in [-0.4, -0.2) is 17.4 Å². The molecule has 0 bridgehead atoms. The van der Waals surface area contributed by atoms with Gasteiger partial charge < -0.3 is 10.6 Å². The molecule has 2 aromatic rings. The Kier molecular flexibility index (Phi) is 5.45. The van der Waals surface area contributed by atoms with Crippen molar-refractivity contribution in [1.29, 1.82) is 0 Å². The Morgan fingerprint density at radius 2 is 2.19 bits per heavy atom. The molecule has 0 unspecified atom stereocenters. The summed E-state index contributed by atoms with van der Waals surface area (Å²) in [6.45, 7) is 4.64. The molecule has 0 aliphatic rings. The summed E-state index contributed by atoms with van der Waals surface area (Å²) in [4.78, 5) is 15.3. The second-order valence-electron chi connectivity index (χ2n) is 4.41. The van der Waals surface area contributed by atoms with Gasteiger partial charge in [0.25, 0.3) is 5.91 Å². The van der Waals surface area contributed by atoms with E-state index < -0.39 is 0 Å². The number of nitrogen functional groups attached to an aromatic ring is 1. The molecule has 0 saturated carbocycles. The van der Waals surface area contributed by atoms with Gasteiger partial charge in [-0.15, -0.1) is 17.9 Å². The molecule has 2 N–H and O–H groups in total. The number of carbonyl (C=O) groups is 1. The second-order valence-corrected chi connectivity index (χ2v) is 7.13. The van der Waals surface area contributed by atoms with Crippen molar-refractivity contribution >= 4 is 50.5 Å². The number of thiophene rings is 1. The van der Waals surface area contributed by atoms with Crippen LogP contribution >= 0.6 is 38.9 Å². The predicted molar refractivity (Wildman–Crippen MR) is 92.8 cm³/mol. The second kappa shape index (κ2) is 7.11. The van der Waals surface area contributed by atoms with Crippen LogP contribution in [0.2, 0.25) is 4.34 Å².